The summed E-state index contributed by atoms with van der Waals surface area (Å²) in [5.41, 5.74) is 21.1. The van der Waals surface area contributed by atoms with Crippen LogP contribution in [0.25, 0.3) is 11.1 Å². The molecule has 0 radical (unpaired) electrons. The summed E-state index contributed by atoms with van der Waals surface area (Å²) in [6.45, 7) is 2.47. The fourth-order valence-electron chi connectivity index (χ4n) is 4.60. The zero-order valence-electron chi connectivity index (χ0n) is 21.2. The average molecular weight is 574 g/mol. The van der Waals surface area contributed by atoms with Crippen molar-refractivity contribution in [2.24, 2.45) is 23.1 Å². The Bertz CT molecular complexity index is 1240. The van der Waals surface area contributed by atoms with Crippen LogP contribution in [0.15, 0.2) is 71.6 Å². The first-order chi connectivity index (χ1) is 18.3. The second-order valence-electron chi connectivity index (χ2n) is 9.49. The quantitative estimate of drug-likeness (QED) is 0.147. The van der Waals surface area contributed by atoms with Gasteiger partial charge in [0.25, 0.3) is 0 Å². The highest BCUT2D eigenvalue weighted by atomic mass is 35.5. The van der Waals surface area contributed by atoms with E-state index in [4.69, 9.17) is 40.4 Å². The molecule has 1 fully saturated rings. The number of hydrogen-bond acceptors (Lipinski definition) is 6. The van der Waals surface area contributed by atoms with E-state index in [9.17, 15) is 4.79 Å². The Balaban J connectivity index is 1.51. The summed E-state index contributed by atoms with van der Waals surface area (Å²) in [5, 5.41) is 2.82. The largest absolute Gasteiger partial charge is 0.335 e. The summed E-state index contributed by atoms with van der Waals surface area (Å²) < 4.78 is 0. The van der Waals surface area contributed by atoms with E-state index >= 15 is 0 Å². The van der Waals surface area contributed by atoms with Gasteiger partial charge in [0.05, 0.1) is 12.7 Å². The van der Waals surface area contributed by atoms with E-state index in [-0.39, 0.29) is 6.03 Å². The van der Waals surface area contributed by atoms with Crippen LogP contribution >= 0.6 is 35.1 Å². The smallest absolute Gasteiger partial charge is 0.330 e. The molecule has 202 valence electrons. The molecule has 0 bridgehead atoms. The Morgan fingerprint density at radius 1 is 1.05 bits per heavy atom. The molecule has 0 unspecified atom stereocenters. The number of piperidine rings is 1. The van der Waals surface area contributed by atoms with Gasteiger partial charge in [-0.15, -0.1) is 0 Å². The van der Waals surface area contributed by atoms with Crippen LogP contribution in [0.2, 0.25) is 10.0 Å². The summed E-state index contributed by atoms with van der Waals surface area (Å²) in [6.07, 6.45) is 2.35. The number of hydrogen-bond donors (Lipinski definition) is 4. The van der Waals surface area contributed by atoms with Gasteiger partial charge in [0.15, 0.2) is 0 Å². The SMILES string of the molecule is NCCC1CCN(C(=O)N(Cc2cccc(C(N)N)c2)NSc2cccc(-c3ccc(Cl)cc3Cl)c2)CC1. The van der Waals surface area contributed by atoms with Crippen molar-refractivity contribution in [3.63, 3.8) is 0 Å². The second kappa shape index (κ2) is 13.7. The van der Waals surface area contributed by atoms with Crippen LogP contribution in [0, 0.1) is 5.92 Å². The van der Waals surface area contributed by atoms with Crippen LogP contribution < -0.4 is 22.0 Å². The van der Waals surface area contributed by atoms with Gasteiger partial charge in [-0.3, -0.25) is 0 Å². The van der Waals surface area contributed by atoms with E-state index < -0.39 is 6.17 Å². The molecule has 0 aromatic heterocycles. The normalized spacial score (nSPS) is 14.2. The van der Waals surface area contributed by atoms with E-state index in [1.54, 1.807) is 11.1 Å². The van der Waals surface area contributed by atoms with Crippen molar-refractivity contribution in [3.8, 4) is 11.1 Å². The van der Waals surface area contributed by atoms with Crippen molar-refractivity contribution < 1.29 is 4.79 Å². The minimum atomic E-state index is -0.578. The Morgan fingerprint density at radius 3 is 2.53 bits per heavy atom. The zero-order valence-corrected chi connectivity index (χ0v) is 23.5. The van der Waals surface area contributed by atoms with Gasteiger partial charge >= 0.3 is 6.03 Å². The number of nitrogens with zero attached hydrogens (tertiary/aromatic N) is 2. The highest BCUT2D eigenvalue weighted by Gasteiger charge is 2.26. The standard InChI is InChI=1S/C28H34Cl2N6OS/c29-23-7-8-25(26(30)17-23)21-4-2-6-24(16-21)38-34-36(18-20-3-1-5-22(15-20)27(32)33)28(37)35-13-10-19(9-12-31)11-14-35/h1-8,15-17,19,27,34H,9-14,18,31-33H2. The molecule has 3 aromatic carbocycles. The number of carbonyl (C=O) groups is 1. The van der Waals surface area contributed by atoms with E-state index in [0.717, 1.165) is 46.4 Å². The molecule has 38 heavy (non-hydrogen) atoms. The van der Waals surface area contributed by atoms with Crippen LogP contribution in [-0.4, -0.2) is 35.6 Å². The summed E-state index contributed by atoms with van der Waals surface area (Å²) in [4.78, 5) is 19.8. The van der Waals surface area contributed by atoms with Crippen molar-refractivity contribution >= 4 is 41.2 Å². The van der Waals surface area contributed by atoms with Crippen molar-refractivity contribution in [2.75, 3.05) is 19.6 Å². The van der Waals surface area contributed by atoms with Gasteiger partial charge in [-0.05, 0) is 84.6 Å². The van der Waals surface area contributed by atoms with Gasteiger partial charge in [0, 0.05) is 33.6 Å². The number of amides is 2. The minimum Gasteiger partial charge on any atom is -0.330 e. The Kier molecular flexibility index (Phi) is 10.3. The molecular weight excluding hydrogens is 539 g/mol. The number of urea groups is 1. The predicted molar refractivity (Wildman–Crippen MR) is 157 cm³/mol. The lowest BCUT2D eigenvalue weighted by Crippen LogP contribution is -2.50. The molecule has 0 aliphatic carbocycles. The number of halogens is 2. The van der Waals surface area contributed by atoms with Crippen molar-refractivity contribution in [1.29, 1.82) is 0 Å². The topological polar surface area (TPSA) is 114 Å². The first-order valence-electron chi connectivity index (χ1n) is 12.7. The highest BCUT2D eigenvalue weighted by Crippen LogP contribution is 2.32. The maximum Gasteiger partial charge on any atom is 0.335 e. The second-order valence-corrected chi connectivity index (χ2v) is 11.2. The zero-order chi connectivity index (χ0) is 27.1. The lowest BCUT2D eigenvalue weighted by Gasteiger charge is -2.35. The lowest BCUT2D eigenvalue weighted by molar-refractivity contribution is 0.123. The molecule has 0 atom stereocenters. The first-order valence-corrected chi connectivity index (χ1v) is 14.3. The van der Waals surface area contributed by atoms with Crippen molar-refractivity contribution in [1.82, 2.24) is 14.7 Å². The fourth-order valence-corrected chi connectivity index (χ4v) is 5.81. The number of nitrogens with two attached hydrogens (primary N) is 3. The summed E-state index contributed by atoms with van der Waals surface area (Å²) in [5.74, 6) is 0.574. The van der Waals surface area contributed by atoms with Crippen LogP contribution in [0.5, 0.6) is 0 Å². The van der Waals surface area contributed by atoms with E-state index in [1.165, 1.54) is 11.9 Å². The predicted octanol–water partition coefficient (Wildman–Crippen LogP) is 5.77. The number of benzene rings is 3. The molecule has 1 aliphatic rings. The van der Waals surface area contributed by atoms with E-state index in [0.29, 0.717) is 42.1 Å². The molecule has 2 amide bonds. The maximum atomic E-state index is 13.6. The molecule has 10 heteroatoms. The van der Waals surface area contributed by atoms with Crippen LogP contribution in [0.1, 0.15) is 36.6 Å². The number of hydrazine groups is 1. The molecule has 4 rings (SSSR count). The summed E-state index contributed by atoms with van der Waals surface area (Å²) in [6, 6.07) is 21.1. The molecule has 7 nitrogen and oxygen atoms in total. The van der Waals surface area contributed by atoms with Gasteiger partial charge in [-0.1, -0.05) is 65.7 Å². The number of nitrogens with one attached hydrogen (secondary N) is 1. The average Bonchev–Trinajstić information content (AvgIpc) is 2.91. The van der Waals surface area contributed by atoms with E-state index in [1.807, 2.05) is 65.6 Å². The first kappa shape index (κ1) is 28.7. The molecule has 0 spiro atoms. The third-order valence-electron chi connectivity index (χ3n) is 6.72. The fraction of sp³-hybridized carbons (Fsp3) is 0.321. The molecular formula is C28H34Cl2N6OS. The highest BCUT2D eigenvalue weighted by molar-refractivity contribution is 7.97. The van der Waals surface area contributed by atoms with Crippen molar-refractivity contribution in [2.45, 2.75) is 36.9 Å². The Labute approximate surface area is 238 Å². The number of carbonyl (C=O) groups excluding carboxylic acids is 1. The summed E-state index contributed by atoms with van der Waals surface area (Å²) in [7, 11) is 0. The Hall–Kier alpha value is -2.30. The number of likely N-dealkylation sites (tertiary alicyclic amines) is 1. The molecule has 1 saturated heterocycles. The van der Waals surface area contributed by atoms with Crippen LogP contribution in [-0.2, 0) is 6.54 Å². The molecule has 0 saturated carbocycles. The van der Waals surface area contributed by atoms with Crippen LogP contribution in [0.3, 0.4) is 0 Å². The van der Waals surface area contributed by atoms with Gasteiger partial charge < -0.3 is 22.1 Å². The van der Waals surface area contributed by atoms with Gasteiger partial charge in [-0.2, -0.15) is 4.83 Å². The molecule has 1 heterocycles. The molecule has 7 N–H and O–H groups in total. The minimum absolute atomic E-state index is 0.0666. The third-order valence-corrected chi connectivity index (χ3v) is 8.07. The van der Waals surface area contributed by atoms with Gasteiger partial charge in [-0.25, -0.2) is 9.80 Å². The van der Waals surface area contributed by atoms with Gasteiger partial charge in [0.1, 0.15) is 0 Å². The molecule has 3 aromatic rings. The van der Waals surface area contributed by atoms with Crippen LogP contribution in [0.4, 0.5) is 4.79 Å². The monoisotopic (exact) mass is 572 g/mol. The van der Waals surface area contributed by atoms with Crippen molar-refractivity contribution in [3.05, 3.63) is 87.9 Å². The maximum absolute atomic E-state index is 13.6. The Morgan fingerprint density at radius 2 is 1.82 bits per heavy atom. The summed E-state index contributed by atoms with van der Waals surface area (Å²) >= 11 is 13.9. The number of rotatable bonds is 9. The third kappa shape index (κ3) is 7.64. The lowest BCUT2D eigenvalue weighted by atomic mass is 9.94. The van der Waals surface area contributed by atoms with E-state index in [2.05, 4.69) is 4.83 Å². The van der Waals surface area contributed by atoms with Gasteiger partial charge in [0.2, 0.25) is 0 Å². The molecule has 1 aliphatic heterocycles.